The van der Waals surface area contributed by atoms with Crippen molar-refractivity contribution in [3.63, 3.8) is 0 Å². The third kappa shape index (κ3) is 4.27. The minimum absolute atomic E-state index is 0.868. The number of rotatable bonds is 7. The van der Waals surface area contributed by atoms with E-state index in [0.29, 0.717) is 0 Å². The lowest BCUT2D eigenvalue weighted by molar-refractivity contribution is 0.331. The zero-order chi connectivity index (χ0) is 15.2. The number of hydrogen-bond donors (Lipinski definition) is 1. The average Bonchev–Trinajstić information content (AvgIpc) is 2.85. The molecule has 0 fully saturated rings. The van der Waals surface area contributed by atoms with Crippen LogP contribution in [-0.4, -0.2) is 44.2 Å². The molecule has 0 aliphatic rings. The van der Waals surface area contributed by atoms with Gasteiger partial charge in [-0.05, 0) is 33.2 Å². The fourth-order valence-electron chi connectivity index (χ4n) is 2.20. The molecule has 1 aromatic carbocycles. The van der Waals surface area contributed by atoms with Crippen LogP contribution < -0.4 is 10.1 Å². The number of nitrogens with zero attached hydrogens (tertiary/aromatic N) is 2. The van der Waals surface area contributed by atoms with Gasteiger partial charge in [0.15, 0.2) is 0 Å². The molecular formula is C16H23N3OS. The highest BCUT2D eigenvalue weighted by atomic mass is 32.1. The van der Waals surface area contributed by atoms with Crippen molar-refractivity contribution < 1.29 is 4.74 Å². The normalized spacial score (nSPS) is 11.1. The fraction of sp³-hybridized carbons (Fsp3) is 0.438. The summed E-state index contributed by atoms with van der Waals surface area (Å²) in [5.74, 6) is 0.868. The zero-order valence-corrected chi connectivity index (χ0v) is 14.0. The first-order valence-electron chi connectivity index (χ1n) is 7.08. The Kier molecular flexibility index (Phi) is 5.73. The molecule has 2 rings (SSSR count). The minimum atomic E-state index is 0.868. The van der Waals surface area contributed by atoms with Gasteiger partial charge in [-0.15, -0.1) is 11.3 Å². The molecule has 5 heteroatoms. The number of hydrogen-bond acceptors (Lipinski definition) is 5. The quantitative estimate of drug-likeness (QED) is 0.853. The second-order valence-corrected chi connectivity index (χ2v) is 6.37. The highest BCUT2D eigenvalue weighted by molar-refractivity contribution is 7.12. The zero-order valence-electron chi connectivity index (χ0n) is 13.1. The van der Waals surface area contributed by atoms with Crippen LogP contribution in [0.15, 0.2) is 24.3 Å². The molecule has 0 aliphatic carbocycles. The highest BCUT2D eigenvalue weighted by Crippen LogP contribution is 2.30. The number of likely N-dealkylation sites (N-methyl/N-ethyl adjacent to an activating group) is 2. The lowest BCUT2D eigenvalue weighted by atomic mass is 10.1. The fourth-order valence-corrected chi connectivity index (χ4v) is 3.24. The molecular weight excluding hydrogens is 282 g/mol. The second kappa shape index (κ2) is 7.54. The van der Waals surface area contributed by atoms with Gasteiger partial charge in [-0.2, -0.15) is 0 Å². The third-order valence-corrected chi connectivity index (χ3v) is 4.26. The van der Waals surface area contributed by atoms with Gasteiger partial charge in [0.25, 0.3) is 0 Å². The summed E-state index contributed by atoms with van der Waals surface area (Å²) in [5.41, 5.74) is 2.20. The minimum Gasteiger partial charge on any atom is -0.497 e. The Morgan fingerprint density at radius 1 is 1.38 bits per heavy atom. The predicted molar refractivity (Wildman–Crippen MR) is 89.1 cm³/mol. The van der Waals surface area contributed by atoms with Crippen molar-refractivity contribution in [1.82, 2.24) is 15.2 Å². The molecule has 1 aromatic heterocycles. The van der Waals surface area contributed by atoms with Crippen LogP contribution in [0.5, 0.6) is 5.75 Å². The van der Waals surface area contributed by atoms with Crippen LogP contribution in [0, 0.1) is 6.92 Å². The summed E-state index contributed by atoms with van der Waals surface area (Å²) in [6.07, 6.45) is 0. The first-order valence-corrected chi connectivity index (χ1v) is 7.89. The second-order valence-electron chi connectivity index (χ2n) is 5.08. The van der Waals surface area contributed by atoms with Gasteiger partial charge < -0.3 is 10.1 Å². The molecule has 2 aromatic rings. The number of methoxy groups -OCH3 is 1. The Morgan fingerprint density at radius 3 is 2.90 bits per heavy atom. The molecule has 0 bridgehead atoms. The van der Waals surface area contributed by atoms with E-state index in [9.17, 15) is 0 Å². The predicted octanol–water partition coefficient (Wildman–Crippen LogP) is 2.78. The number of aromatic nitrogens is 1. The van der Waals surface area contributed by atoms with E-state index in [1.807, 2.05) is 25.2 Å². The monoisotopic (exact) mass is 305 g/mol. The maximum atomic E-state index is 5.31. The van der Waals surface area contributed by atoms with E-state index < -0.39 is 0 Å². The summed E-state index contributed by atoms with van der Waals surface area (Å²) in [5, 5.41) is 4.28. The summed E-state index contributed by atoms with van der Waals surface area (Å²) in [4.78, 5) is 8.33. The summed E-state index contributed by atoms with van der Waals surface area (Å²) < 4.78 is 5.31. The average molecular weight is 305 g/mol. The molecule has 0 spiro atoms. The maximum Gasteiger partial charge on any atom is 0.119 e. The molecule has 114 valence electrons. The molecule has 1 N–H and O–H groups in total. The van der Waals surface area contributed by atoms with Gasteiger partial charge in [0.2, 0.25) is 0 Å². The van der Waals surface area contributed by atoms with E-state index in [1.165, 1.54) is 4.88 Å². The Morgan fingerprint density at radius 2 is 2.19 bits per heavy atom. The highest BCUT2D eigenvalue weighted by Gasteiger charge is 2.13. The molecule has 0 saturated heterocycles. The maximum absolute atomic E-state index is 5.31. The molecule has 1 heterocycles. The summed E-state index contributed by atoms with van der Waals surface area (Å²) >= 11 is 1.77. The lowest BCUT2D eigenvalue weighted by Crippen LogP contribution is -2.26. The molecule has 0 amide bonds. The summed E-state index contributed by atoms with van der Waals surface area (Å²) in [6.45, 7) is 4.99. The van der Waals surface area contributed by atoms with Gasteiger partial charge in [-0.25, -0.2) is 4.98 Å². The van der Waals surface area contributed by atoms with Gasteiger partial charge in [-0.3, -0.25) is 4.90 Å². The van der Waals surface area contributed by atoms with Crippen LogP contribution in [0.2, 0.25) is 0 Å². The van der Waals surface area contributed by atoms with Gasteiger partial charge in [-0.1, -0.05) is 12.1 Å². The van der Waals surface area contributed by atoms with E-state index in [1.54, 1.807) is 18.4 Å². The van der Waals surface area contributed by atoms with Crippen LogP contribution in [0.4, 0.5) is 0 Å². The molecule has 0 unspecified atom stereocenters. The topological polar surface area (TPSA) is 37.4 Å². The first kappa shape index (κ1) is 15.9. The largest absolute Gasteiger partial charge is 0.497 e. The van der Waals surface area contributed by atoms with E-state index >= 15 is 0 Å². The van der Waals surface area contributed by atoms with Gasteiger partial charge >= 0.3 is 0 Å². The van der Waals surface area contributed by atoms with Gasteiger partial charge in [0, 0.05) is 30.1 Å². The number of benzene rings is 1. The SMILES string of the molecule is CNCCN(C)Cc1sc(C)nc1-c1cccc(OC)c1. The molecule has 21 heavy (non-hydrogen) atoms. The van der Waals surface area contributed by atoms with Crippen molar-refractivity contribution in [2.75, 3.05) is 34.3 Å². The number of ether oxygens (including phenoxy) is 1. The van der Waals surface area contributed by atoms with Crippen LogP contribution in [0.25, 0.3) is 11.3 Å². The molecule has 0 atom stereocenters. The molecule has 0 aliphatic heterocycles. The molecule has 0 saturated carbocycles. The summed E-state index contributed by atoms with van der Waals surface area (Å²) in [6, 6.07) is 8.11. The number of aryl methyl sites for hydroxylation is 1. The Labute approximate surface area is 130 Å². The van der Waals surface area contributed by atoms with E-state index in [0.717, 1.165) is 41.6 Å². The van der Waals surface area contributed by atoms with Gasteiger partial charge in [0.05, 0.1) is 17.8 Å². The van der Waals surface area contributed by atoms with Crippen molar-refractivity contribution in [2.45, 2.75) is 13.5 Å². The number of nitrogens with one attached hydrogen (secondary N) is 1. The Hall–Kier alpha value is -1.43. The van der Waals surface area contributed by atoms with Crippen LogP contribution in [0.1, 0.15) is 9.88 Å². The Bertz CT molecular complexity index is 583. The first-order chi connectivity index (χ1) is 10.1. The third-order valence-electron chi connectivity index (χ3n) is 3.30. The van der Waals surface area contributed by atoms with Crippen molar-refractivity contribution in [2.24, 2.45) is 0 Å². The van der Waals surface area contributed by atoms with Crippen molar-refractivity contribution in [1.29, 1.82) is 0 Å². The standard InChI is InChI=1S/C16H23N3OS/c1-12-18-16(13-6-5-7-14(10-13)20-4)15(21-12)11-19(3)9-8-17-2/h5-7,10,17H,8-9,11H2,1-4H3. The van der Waals surface area contributed by atoms with E-state index in [4.69, 9.17) is 9.72 Å². The number of thiazole rings is 1. The van der Waals surface area contributed by atoms with E-state index in [-0.39, 0.29) is 0 Å². The van der Waals surface area contributed by atoms with Gasteiger partial charge in [0.1, 0.15) is 5.75 Å². The Balaban J connectivity index is 2.23. The smallest absolute Gasteiger partial charge is 0.119 e. The summed E-state index contributed by atoms with van der Waals surface area (Å²) in [7, 11) is 5.81. The lowest BCUT2D eigenvalue weighted by Gasteiger charge is -2.16. The van der Waals surface area contributed by atoms with Crippen LogP contribution >= 0.6 is 11.3 Å². The van der Waals surface area contributed by atoms with Crippen LogP contribution in [0.3, 0.4) is 0 Å². The molecule has 0 radical (unpaired) electrons. The van der Waals surface area contributed by atoms with Crippen molar-refractivity contribution >= 4 is 11.3 Å². The van der Waals surface area contributed by atoms with Crippen molar-refractivity contribution in [3.8, 4) is 17.0 Å². The van der Waals surface area contributed by atoms with Crippen LogP contribution in [-0.2, 0) is 6.54 Å². The van der Waals surface area contributed by atoms with E-state index in [2.05, 4.69) is 30.3 Å². The molecule has 4 nitrogen and oxygen atoms in total. The van der Waals surface area contributed by atoms with Crippen molar-refractivity contribution in [3.05, 3.63) is 34.2 Å².